The molecule has 1 amide bonds. The molecule has 0 atom stereocenters. The van der Waals surface area contributed by atoms with E-state index in [-0.39, 0.29) is 19.1 Å². The molecular formula is C15H20ClNO3. The lowest BCUT2D eigenvalue weighted by Gasteiger charge is -2.22. The number of amides is 1. The number of aliphatic hydroxyl groups is 1. The van der Waals surface area contributed by atoms with Gasteiger partial charge in [0.1, 0.15) is 5.75 Å². The molecule has 20 heavy (non-hydrogen) atoms. The maximum atomic E-state index is 11.7. The van der Waals surface area contributed by atoms with Crippen LogP contribution in [0, 0.1) is 6.92 Å². The summed E-state index contributed by atoms with van der Waals surface area (Å²) in [5, 5.41) is 13.3. The fourth-order valence-corrected chi connectivity index (χ4v) is 2.56. The first kappa shape index (κ1) is 15.1. The predicted molar refractivity (Wildman–Crippen MR) is 78.1 cm³/mol. The van der Waals surface area contributed by atoms with E-state index in [9.17, 15) is 9.90 Å². The highest BCUT2D eigenvalue weighted by Gasteiger charge is 2.31. The SMILES string of the molecule is Cc1ccc(Cl)c(OCC(=O)NCC2(O)CCCC2)c1. The third kappa shape index (κ3) is 4.12. The molecule has 5 heteroatoms. The zero-order valence-electron chi connectivity index (χ0n) is 11.6. The van der Waals surface area contributed by atoms with Crippen molar-refractivity contribution in [2.75, 3.05) is 13.2 Å². The monoisotopic (exact) mass is 297 g/mol. The molecule has 2 N–H and O–H groups in total. The first-order valence-corrected chi connectivity index (χ1v) is 7.24. The standard InChI is InChI=1S/C15H20ClNO3/c1-11-4-5-12(16)13(8-11)20-9-14(18)17-10-15(19)6-2-3-7-15/h4-5,8,19H,2-3,6-7,9-10H2,1H3,(H,17,18). The van der Waals surface area contributed by atoms with Crippen LogP contribution < -0.4 is 10.1 Å². The molecule has 1 saturated carbocycles. The minimum absolute atomic E-state index is 0.0980. The summed E-state index contributed by atoms with van der Waals surface area (Å²) in [6.45, 7) is 2.12. The molecule has 0 radical (unpaired) electrons. The average Bonchev–Trinajstić information content (AvgIpc) is 2.85. The number of rotatable bonds is 5. The smallest absolute Gasteiger partial charge is 0.258 e. The van der Waals surface area contributed by atoms with Gasteiger partial charge in [0.25, 0.3) is 5.91 Å². The number of hydrogen-bond donors (Lipinski definition) is 2. The van der Waals surface area contributed by atoms with Crippen LogP contribution in [0.5, 0.6) is 5.75 Å². The number of benzene rings is 1. The molecule has 110 valence electrons. The molecule has 1 aliphatic rings. The van der Waals surface area contributed by atoms with Crippen molar-refractivity contribution in [3.8, 4) is 5.75 Å². The Labute approximate surface area is 124 Å². The zero-order chi connectivity index (χ0) is 14.6. The van der Waals surface area contributed by atoms with E-state index in [1.807, 2.05) is 13.0 Å². The Hall–Kier alpha value is -1.26. The summed E-state index contributed by atoms with van der Waals surface area (Å²) in [4.78, 5) is 11.7. The number of carbonyl (C=O) groups excluding carboxylic acids is 1. The highest BCUT2D eigenvalue weighted by molar-refractivity contribution is 6.32. The molecule has 2 rings (SSSR count). The predicted octanol–water partition coefficient (Wildman–Crippen LogP) is 2.45. The van der Waals surface area contributed by atoms with Gasteiger partial charge in [-0.05, 0) is 37.5 Å². The largest absolute Gasteiger partial charge is 0.482 e. The van der Waals surface area contributed by atoms with Crippen molar-refractivity contribution in [1.82, 2.24) is 5.32 Å². The van der Waals surface area contributed by atoms with Gasteiger partial charge in [-0.3, -0.25) is 4.79 Å². The fraction of sp³-hybridized carbons (Fsp3) is 0.533. The highest BCUT2D eigenvalue weighted by Crippen LogP contribution is 2.28. The molecule has 0 bridgehead atoms. The maximum Gasteiger partial charge on any atom is 0.258 e. The van der Waals surface area contributed by atoms with Gasteiger partial charge in [0.2, 0.25) is 0 Å². The van der Waals surface area contributed by atoms with Gasteiger partial charge in [-0.2, -0.15) is 0 Å². The lowest BCUT2D eigenvalue weighted by Crippen LogP contribution is -2.42. The van der Waals surface area contributed by atoms with E-state index in [0.717, 1.165) is 31.2 Å². The second kappa shape index (κ2) is 6.46. The van der Waals surface area contributed by atoms with E-state index < -0.39 is 5.60 Å². The summed E-state index contributed by atoms with van der Waals surface area (Å²) in [6, 6.07) is 5.41. The van der Waals surface area contributed by atoms with Crippen LogP contribution in [-0.4, -0.2) is 29.8 Å². The van der Waals surface area contributed by atoms with E-state index in [4.69, 9.17) is 16.3 Å². The van der Waals surface area contributed by atoms with Gasteiger partial charge in [0.05, 0.1) is 10.6 Å². The Morgan fingerprint density at radius 1 is 1.45 bits per heavy atom. The Morgan fingerprint density at radius 3 is 2.85 bits per heavy atom. The molecule has 1 aliphatic carbocycles. The van der Waals surface area contributed by atoms with Gasteiger partial charge in [0, 0.05) is 6.54 Å². The van der Waals surface area contributed by atoms with Crippen LogP contribution in [-0.2, 0) is 4.79 Å². The fourth-order valence-electron chi connectivity index (χ4n) is 2.39. The second-order valence-electron chi connectivity index (χ2n) is 5.43. The summed E-state index contributed by atoms with van der Waals surface area (Å²) >= 11 is 5.99. The van der Waals surface area contributed by atoms with Crippen LogP contribution in [0.3, 0.4) is 0 Å². The third-order valence-corrected chi connectivity index (χ3v) is 3.91. The third-order valence-electron chi connectivity index (χ3n) is 3.59. The number of aryl methyl sites for hydroxylation is 1. The van der Waals surface area contributed by atoms with E-state index in [1.54, 1.807) is 12.1 Å². The summed E-state index contributed by atoms with van der Waals surface area (Å²) in [5.74, 6) is 0.254. The molecule has 0 unspecified atom stereocenters. The number of halogens is 1. The van der Waals surface area contributed by atoms with E-state index >= 15 is 0 Å². The van der Waals surface area contributed by atoms with Crippen LogP contribution in [0.15, 0.2) is 18.2 Å². The first-order valence-electron chi connectivity index (χ1n) is 6.87. The minimum atomic E-state index is -0.739. The van der Waals surface area contributed by atoms with Gasteiger partial charge in [-0.15, -0.1) is 0 Å². The van der Waals surface area contributed by atoms with E-state index in [0.29, 0.717) is 10.8 Å². The Balaban J connectivity index is 1.79. The van der Waals surface area contributed by atoms with Crippen molar-refractivity contribution in [1.29, 1.82) is 0 Å². The maximum absolute atomic E-state index is 11.7. The van der Waals surface area contributed by atoms with Gasteiger partial charge in [0.15, 0.2) is 6.61 Å². The summed E-state index contributed by atoms with van der Waals surface area (Å²) in [6.07, 6.45) is 3.53. The van der Waals surface area contributed by atoms with Crippen molar-refractivity contribution in [3.63, 3.8) is 0 Å². The Bertz CT molecular complexity index is 484. The topological polar surface area (TPSA) is 58.6 Å². The molecule has 1 aromatic carbocycles. The van der Waals surface area contributed by atoms with Gasteiger partial charge >= 0.3 is 0 Å². The van der Waals surface area contributed by atoms with Crippen molar-refractivity contribution >= 4 is 17.5 Å². The normalized spacial score (nSPS) is 16.9. The lowest BCUT2D eigenvalue weighted by atomic mass is 10.0. The van der Waals surface area contributed by atoms with Crippen LogP contribution in [0.1, 0.15) is 31.2 Å². The van der Waals surface area contributed by atoms with Crippen LogP contribution in [0.2, 0.25) is 5.02 Å². The Kier molecular flexibility index (Phi) is 4.89. The second-order valence-corrected chi connectivity index (χ2v) is 5.84. The molecule has 0 spiro atoms. The molecule has 1 fully saturated rings. The van der Waals surface area contributed by atoms with Crippen LogP contribution in [0.4, 0.5) is 0 Å². The number of carbonyl (C=O) groups is 1. The molecule has 0 saturated heterocycles. The van der Waals surface area contributed by atoms with Crippen molar-refractivity contribution in [2.24, 2.45) is 0 Å². The number of nitrogens with one attached hydrogen (secondary N) is 1. The van der Waals surface area contributed by atoms with Crippen LogP contribution >= 0.6 is 11.6 Å². The molecule has 1 aromatic rings. The highest BCUT2D eigenvalue weighted by atomic mass is 35.5. The number of hydrogen-bond acceptors (Lipinski definition) is 3. The van der Waals surface area contributed by atoms with E-state index in [2.05, 4.69) is 5.32 Å². The van der Waals surface area contributed by atoms with Gasteiger partial charge in [-0.25, -0.2) is 0 Å². The number of ether oxygens (including phenoxy) is 1. The Morgan fingerprint density at radius 2 is 2.15 bits per heavy atom. The minimum Gasteiger partial charge on any atom is -0.482 e. The summed E-state index contributed by atoms with van der Waals surface area (Å²) in [7, 11) is 0. The van der Waals surface area contributed by atoms with Gasteiger partial charge in [-0.1, -0.05) is 30.5 Å². The van der Waals surface area contributed by atoms with Gasteiger partial charge < -0.3 is 15.2 Å². The quantitative estimate of drug-likeness (QED) is 0.878. The molecule has 4 nitrogen and oxygen atoms in total. The van der Waals surface area contributed by atoms with E-state index in [1.165, 1.54) is 0 Å². The zero-order valence-corrected chi connectivity index (χ0v) is 12.4. The average molecular weight is 298 g/mol. The molecule has 0 aromatic heterocycles. The summed E-state index contributed by atoms with van der Waals surface area (Å²) < 4.78 is 5.40. The first-order chi connectivity index (χ1) is 9.48. The molecule has 0 heterocycles. The molecule has 0 aliphatic heterocycles. The molecular weight excluding hydrogens is 278 g/mol. The van der Waals surface area contributed by atoms with Crippen molar-refractivity contribution in [3.05, 3.63) is 28.8 Å². The van der Waals surface area contributed by atoms with Crippen LogP contribution in [0.25, 0.3) is 0 Å². The van der Waals surface area contributed by atoms with Crippen molar-refractivity contribution < 1.29 is 14.6 Å². The van der Waals surface area contributed by atoms with Crippen molar-refractivity contribution in [2.45, 2.75) is 38.2 Å². The lowest BCUT2D eigenvalue weighted by molar-refractivity contribution is -0.124. The summed E-state index contributed by atoms with van der Waals surface area (Å²) in [5.41, 5.74) is 0.279.